The standard InChI is InChI=1S/C12H9ClF5NO/c1-19-8-3-2-6(4-7(8)5-9(19)20)10(13)11(14,15)12(16,17)18/h2-4,10H,5H2,1H3. The molecule has 0 aromatic heterocycles. The molecular weight excluding hydrogens is 305 g/mol. The lowest BCUT2D eigenvalue weighted by molar-refractivity contribution is -0.283. The number of benzene rings is 1. The maximum atomic E-state index is 13.2. The van der Waals surface area contributed by atoms with E-state index >= 15 is 0 Å². The van der Waals surface area contributed by atoms with Gasteiger partial charge in [-0.25, -0.2) is 0 Å². The minimum Gasteiger partial charge on any atom is -0.315 e. The predicted octanol–water partition coefficient (Wildman–Crippen LogP) is 3.68. The molecule has 1 aliphatic rings. The van der Waals surface area contributed by atoms with Gasteiger partial charge in [-0.05, 0) is 17.2 Å². The molecule has 0 bridgehead atoms. The predicted molar refractivity (Wildman–Crippen MR) is 63.2 cm³/mol. The number of carbonyl (C=O) groups is 1. The van der Waals surface area contributed by atoms with Gasteiger partial charge >= 0.3 is 12.1 Å². The molecule has 2 nitrogen and oxygen atoms in total. The zero-order valence-electron chi connectivity index (χ0n) is 10.1. The molecule has 1 aliphatic heterocycles. The van der Waals surface area contributed by atoms with E-state index in [1.807, 2.05) is 0 Å². The lowest BCUT2D eigenvalue weighted by Gasteiger charge is -2.25. The molecule has 110 valence electrons. The van der Waals surface area contributed by atoms with Crippen molar-refractivity contribution in [2.24, 2.45) is 0 Å². The molecule has 0 aliphatic carbocycles. The molecule has 0 N–H and O–H groups in total. The highest BCUT2D eigenvalue weighted by molar-refractivity contribution is 6.21. The molecule has 20 heavy (non-hydrogen) atoms. The zero-order chi connectivity index (χ0) is 15.3. The summed E-state index contributed by atoms with van der Waals surface area (Å²) in [5.41, 5.74) is 0.507. The van der Waals surface area contributed by atoms with Crippen molar-refractivity contribution in [3.8, 4) is 0 Å². The van der Waals surface area contributed by atoms with Crippen LogP contribution in [0.15, 0.2) is 18.2 Å². The van der Waals surface area contributed by atoms with E-state index in [2.05, 4.69) is 0 Å². The lowest BCUT2D eigenvalue weighted by atomic mass is 10.0. The Morgan fingerprint density at radius 3 is 2.40 bits per heavy atom. The first-order valence-corrected chi connectivity index (χ1v) is 5.97. The summed E-state index contributed by atoms with van der Waals surface area (Å²) in [6.45, 7) is 0. The molecule has 0 fully saturated rings. The smallest absolute Gasteiger partial charge is 0.315 e. The Hall–Kier alpha value is -1.37. The van der Waals surface area contributed by atoms with Gasteiger partial charge in [0.15, 0.2) is 0 Å². The van der Waals surface area contributed by atoms with Crippen LogP contribution in [0, 0.1) is 0 Å². The normalized spacial score (nSPS) is 17.4. The van der Waals surface area contributed by atoms with E-state index in [4.69, 9.17) is 11.6 Å². The highest BCUT2D eigenvalue weighted by atomic mass is 35.5. The van der Waals surface area contributed by atoms with Crippen LogP contribution in [-0.4, -0.2) is 25.1 Å². The minimum atomic E-state index is -5.73. The highest BCUT2D eigenvalue weighted by Gasteiger charge is 2.62. The second-order valence-corrected chi connectivity index (χ2v) is 4.94. The van der Waals surface area contributed by atoms with Gasteiger partial charge < -0.3 is 4.90 Å². The first-order chi connectivity index (χ1) is 9.05. The number of likely N-dealkylation sites (N-methyl/N-ethyl adjacent to an activating group) is 1. The van der Waals surface area contributed by atoms with E-state index in [1.165, 1.54) is 18.0 Å². The fourth-order valence-corrected chi connectivity index (χ4v) is 2.26. The summed E-state index contributed by atoms with van der Waals surface area (Å²) in [5.74, 6) is -5.30. The Balaban J connectivity index is 2.37. The average Bonchev–Trinajstić information content (AvgIpc) is 2.62. The van der Waals surface area contributed by atoms with Gasteiger partial charge in [0.2, 0.25) is 5.91 Å². The second-order valence-electron chi connectivity index (χ2n) is 4.50. The summed E-state index contributed by atoms with van der Waals surface area (Å²) in [4.78, 5) is 12.7. The molecule has 1 amide bonds. The topological polar surface area (TPSA) is 20.3 Å². The van der Waals surface area contributed by atoms with Gasteiger partial charge in [-0.3, -0.25) is 4.79 Å². The van der Waals surface area contributed by atoms with Gasteiger partial charge in [-0.2, -0.15) is 22.0 Å². The number of anilines is 1. The second kappa shape index (κ2) is 4.58. The van der Waals surface area contributed by atoms with E-state index in [-0.39, 0.29) is 17.9 Å². The number of alkyl halides is 6. The Labute approximate surface area is 116 Å². The fraction of sp³-hybridized carbons (Fsp3) is 0.417. The molecule has 0 saturated carbocycles. The molecule has 1 aromatic rings. The van der Waals surface area contributed by atoms with Crippen molar-refractivity contribution in [1.29, 1.82) is 0 Å². The third-order valence-electron chi connectivity index (χ3n) is 3.17. The molecule has 8 heteroatoms. The van der Waals surface area contributed by atoms with Crippen LogP contribution in [0.25, 0.3) is 0 Å². The van der Waals surface area contributed by atoms with Crippen molar-refractivity contribution in [1.82, 2.24) is 0 Å². The monoisotopic (exact) mass is 313 g/mol. The SMILES string of the molecule is CN1C(=O)Cc2cc(C(Cl)C(F)(F)C(F)(F)F)ccc21. The zero-order valence-corrected chi connectivity index (χ0v) is 10.9. The largest absolute Gasteiger partial charge is 0.455 e. The number of hydrogen-bond donors (Lipinski definition) is 0. The number of fused-ring (bicyclic) bond motifs is 1. The number of halogens is 6. The van der Waals surface area contributed by atoms with Crippen molar-refractivity contribution in [2.75, 3.05) is 11.9 Å². The molecule has 1 atom stereocenters. The van der Waals surface area contributed by atoms with Crippen molar-refractivity contribution in [2.45, 2.75) is 23.9 Å². The number of hydrogen-bond acceptors (Lipinski definition) is 1. The summed E-state index contributed by atoms with van der Waals surface area (Å²) in [6.07, 6.45) is -5.77. The molecule has 0 radical (unpaired) electrons. The summed E-state index contributed by atoms with van der Waals surface area (Å²) in [5, 5.41) is -2.53. The van der Waals surface area contributed by atoms with Crippen LogP contribution in [0.5, 0.6) is 0 Å². The van der Waals surface area contributed by atoms with E-state index in [9.17, 15) is 26.7 Å². The quantitative estimate of drug-likeness (QED) is 0.602. The third kappa shape index (κ3) is 2.24. The van der Waals surface area contributed by atoms with Gasteiger partial charge in [0.25, 0.3) is 0 Å². The first-order valence-electron chi connectivity index (χ1n) is 5.53. The first kappa shape index (κ1) is 15.0. The van der Waals surface area contributed by atoms with Gasteiger partial charge in [0.05, 0.1) is 6.42 Å². The molecule has 1 heterocycles. The minimum absolute atomic E-state index is 0.0408. The summed E-state index contributed by atoms with van der Waals surface area (Å²) in [7, 11) is 1.50. The van der Waals surface area contributed by atoms with Crippen LogP contribution < -0.4 is 4.90 Å². The van der Waals surface area contributed by atoms with Crippen LogP contribution in [0.3, 0.4) is 0 Å². The van der Waals surface area contributed by atoms with E-state index in [1.54, 1.807) is 0 Å². The van der Waals surface area contributed by atoms with Gasteiger partial charge in [0.1, 0.15) is 5.38 Å². The average molecular weight is 314 g/mol. The van der Waals surface area contributed by atoms with Gasteiger partial charge in [0, 0.05) is 12.7 Å². The van der Waals surface area contributed by atoms with Crippen molar-refractivity contribution >= 4 is 23.2 Å². The van der Waals surface area contributed by atoms with Crippen LogP contribution in [0.4, 0.5) is 27.6 Å². The molecule has 1 aromatic carbocycles. The van der Waals surface area contributed by atoms with Crippen molar-refractivity contribution in [3.05, 3.63) is 29.3 Å². The van der Waals surface area contributed by atoms with E-state index in [0.717, 1.165) is 12.1 Å². The third-order valence-corrected chi connectivity index (χ3v) is 3.70. The van der Waals surface area contributed by atoms with E-state index < -0.39 is 17.5 Å². The fourth-order valence-electron chi connectivity index (χ4n) is 2.00. The van der Waals surface area contributed by atoms with E-state index in [0.29, 0.717) is 11.3 Å². The van der Waals surface area contributed by atoms with Gasteiger partial charge in [-0.15, -0.1) is 11.6 Å². The highest BCUT2D eigenvalue weighted by Crippen LogP contribution is 2.48. The summed E-state index contributed by atoms with van der Waals surface area (Å²) < 4.78 is 63.2. The number of nitrogens with zero attached hydrogens (tertiary/aromatic N) is 1. The van der Waals surface area contributed by atoms with Crippen LogP contribution in [0.2, 0.25) is 0 Å². The summed E-state index contributed by atoms with van der Waals surface area (Å²) >= 11 is 5.29. The molecular formula is C12H9ClF5NO. The molecule has 1 unspecified atom stereocenters. The Bertz CT molecular complexity index is 557. The van der Waals surface area contributed by atoms with Crippen LogP contribution >= 0.6 is 11.6 Å². The Kier molecular flexibility index (Phi) is 3.44. The molecule has 0 saturated heterocycles. The van der Waals surface area contributed by atoms with Gasteiger partial charge in [-0.1, -0.05) is 12.1 Å². The van der Waals surface area contributed by atoms with Crippen LogP contribution in [0.1, 0.15) is 16.5 Å². The van der Waals surface area contributed by atoms with Crippen molar-refractivity contribution < 1.29 is 26.7 Å². The Morgan fingerprint density at radius 1 is 1.25 bits per heavy atom. The lowest BCUT2D eigenvalue weighted by Crippen LogP contribution is -2.40. The summed E-state index contributed by atoms with van der Waals surface area (Å²) in [6, 6.07) is 3.51. The maximum Gasteiger partial charge on any atom is 0.455 e. The number of carbonyl (C=O) groups excluding carboxylic acids is 1. The Morgan fingerprint density at radius 2 is 1.85 bits per heavy atom. The van der Waals surface area contributed by atoms with Crippen LogP contribution in [-0.2, 0) is 11.2 Å². The number of rotatable bonds is 2. The number of amides is 1. The van der Waals surface area contributed by atoms with Crippen molar-refractivity contribution in [3.63, 3.8) is 0 Å². The molecule has 2 rings (SSSR count). The maximum absolute atomic E-state index is 13.2. The molecule has 0 spiro atoms.